The average molecular weight is 192 g/mol. The molecule has 1 fully saturated rings. The lowest BCUT2D eigenvalue weighted by molar-refractivity contribution is -0.0121. The highest BCUT2D eigenvalue weighted by Crippen LogP contribution is 2.42. The van der Waals surface area contributed by atoms with E-state index in [1.165, 1.54) is 19.4 Å². The zero-order valence-electron chi connectivity index (χ0n) is 8.98. The van der Waals surface area contributed by atoms with E-state index in [2.05, 4.69) is 39.6 Å². The highest BCUT2D eigenvalue weighted by molar-refractivity contribution is 5.85. The standard InChI is InChI=1S/C10H21N.ClH/c1-9(2)7-6-8-11(5)10(9,3)4;/h6-8H2,1-5H3;1H. The van der Waals surface area contributed by atoms with Crippen molar-refractivity contribution in [3.05, 3.63) is 0 Å². The van der Waals surface area contributed by atoms with Crippen molar-refractivity contribution in [3.63, 3.8) is 0 Å². The van der Waals surface area contributed by atoms with Gasteiger partial charge in [0.2, 0.25) is 0 Å². The maximum Gasteiger partial charge on any atom is 0.0201 e. The van der Waals surface area contributed by atoms with E-state index >= 15 is 0 Å². The summed E-state index contributed by atoms with van der Waals surface area (Å²) in [5.74, 6) is 0. The van der Waals surface area contributed by atoms with Crippen molar-refractivity contribution in [2.45, 2.75) is 46.1 Å². The van der Waals surface area contributed by atoms with Crippen LogP contribution in [0.15, 0.2) is 0 Å². The van der Waals surface area contributed by atoms with Gasteiger partial charge in [-0.15, -0.1) is 12.4 Å². The molecule has 0 aromatic rings. The van der Waals surface area contributed by atoms with E-state index in [0.29, 0.717) is 11.0 Å². The molecule has 1 heterocycles. The van der Waals surface area contributed by atoms with Gasteiger partial charge >= 0.3 is 0 Å². The van der Waals surface area contributed by atoms with Crippen LogP contribution in [-0.4, -0.2) is 24.0 Å². The highest BCUT2D eigenvalue weighted by atomic mass is 35.5. The largest absolute Gasteiger partial charge is 0.301 e. The Morgan fingerprint density at radius 2 is 1.58 bits per heavy atom. The molecular weight excluding hydrogens is 170 g/mol. The maximum atomic E-state index is 2.48. The molecule has 74 valence electrons. The van der Waals surface area contributed by atoms with E-state index < -0.39 is 0 Å². The minimum Gasteiger partial charge on any atom is -0.301 e. The highest BCUT2D eigenvalue weighted by Gasteiger charge is 2.42. The van der Waals surface area contributed by atoms with Crippen LogP contribution >= 0.6 is 12.4 Å². The van der Waals surface area contributed by atoms with Gasteiger partial charge in [-0.05, 0) is 45.7 Å². The number of piperidine rings is 1. The molecule has 0 radical (unpaired) electrons. The van der Waals surface area contributed by atoms with Gasteiger partial charge in [0.15, 0.2) is 0 Å². The predicted octanol–water partition coefficient (Wildman–Crippen LogP) is 2.94. The zero-order valence-corrected chi connectivity index (χ0v) is 9.79. The van der Waals surface area contributed by atoms with Crippen LogP contribution in [0.4, 0.5) is 0 Å². The molecule has 0 bridgehead atoms. The summed E-state index contributed by atoms with van der Waals surface area (Å²) in [5, 5.41) is 0. The lowest BCUT2D eigenvalue weighted by atomic mass is 9.68. The molecule has 1 aliphatic rings. The summed E-state index contributed by atoms with van der Waals surface area (Å²) in [7, 11) is 2.24. The molecule has 12 heavy (non-hydrogen) atoms. The molecule has 0 aromatic heterocycles. The van der Waals surface area contributed by atoms with E-state index in [4.69, 9.17) is 0 Å². The van der Waals surface area contributed by atoms with Crippen LogP contribution in [0.2, 0.25) is 0 Å². The van der Waals surface area contributed by atoms with Crippen LogP contribution in [0, 0.1) is 5.41 Å². The van der Waals surface area contributed by atoms with Crippen LogP contribution in [0.5, 0.6) is 0 Å². The molecule has 1 nitrogen and oxygen atoms in total. The van der Waals surface area contributed by atoms with Gasteiger partial charge in [0.25, 0.3) is 0 Å². The van der Waals surface area contributed by atoms with Gasteiger partial charge in [0, 0.05) is 5.54 Å². The smallest absolute Gasteiger partial charge is 0.0201 e. The van der Waals surface area contributed by atoms with Crippen molar-refractivity contribution < 1.29 is 0 Å². The van der Waals surface area contributed by atoms with Crippen molar-refractivity contribution in [2.24, 2.45) is 5.41 Å². The summed E-state index contributed by atoms with van der Waals surface area (Å²) >= 11 is 0. The van der Waals surface area contributed by atoms with Crippen LogP contribution < -0.4 is 0 Å². The molecule has 1 aliphatic heterocycles. The Kier molecular flexibility index (Phi) is 3.62. The molecule has 0 N–H and O–H groups in total. The van der Waals surface area contributed by atoms with Gasteiger partial charge in [0.1, 0.15) is 0 Å². The topological polar surface area (TPSA) is 3.24 Å². The lowest BCUT2D eigenvalue weighted by Gasteiger charge is -2.52. The lowest BCUT2D eigenvalue weighted by Crippen LogP contribution is -2.55. The first-order chi connectivity index (χ1) is 4.88. The fourth-order valence-electron chi connectivity index (χ4n) is 1.86. The van der Waals surface area contributed by atoms with Gasteiger partial charge in [-0.1, -0.05) is 13.8 Å². The Balaban J connectivity index is 0.00000121. The first-order valence-electron chi connectivity index (χ1n) is 4.59. The van der Waals surface area contributed by atoms with Crippen molar-refractivity contribution in [1.82, 2.24) is 4.90 Å². The van der Waals surface area contributed by atoms with Crippen LogP contribution in [0.25, 0.3) is 0 Å². The molecular formula is C10H22ClN. The summed E-state index contributed by atoms with van der Waals surface area (Å²) in [5.41, 5.74) is 0.839. The van der Waals surface area contributed by atoms with E-state index in [1.54, 1.807) is 0 Å². The number of halogens is 1. The Labute approximate surface area is 82.9 Å². The Morgan fingerprint density at radius 3 is 1.92 bits per heavy atom. The zero-order chi connectivity index (χ0) is 8.70. The van der Waals surface area contributed by atoms with Gasteiger partial charge in [-0.2, -0.15) is 0 Å². The number of likely N-dealkylation sites (tertiary alicyclic amines) is 1. The maximum absolute atomic E-state index is 2.48. The van der Waals surface area contributed by atoms with E-state index in [1.807, 2.05) is 0 Å². The first-order valence-corrected chi connectivity index (χ1v) is 4.59. The van der Waals surface area contributed by atoms with E-state index in [-0.39, 0.29) is 12.4 Å². The fourth-order valence-corrected chi connectivity index (χ4v) is 1.86. The third-order valence-electron chi connectivity index (χ3n) is 3.91. The van der Waals surface area contributed by atoms with Crippen LogP contribution in [0.1, 0.15) is 40.5 Å². The Bertz CT molecular complexity index is 152. The second kappa shape index (κ2) is 3.55. The van der Waals surface area contributed by atoms with Crippen molar-refractivity contribution in [1.29, 1.82) is 0 Å². The molecule has 2 heteroatoms. The Morgan fingerprint density at radius 1 is 1.08 bits per heavy atom. The average Bonchev–Trinajstić information content (AvgIpc) is 1.84. The normalized spacial score (nSPS) is 27.8. The molecule has 1 saturated heterocycles. The van der Waals surface area contributed by atoms with Gasteiger partial charge < -0.3 is 4.90 Å². The SMILES string of the molecule is CN1CCCC(C)(C)C1(C)C.Cl. The minimum atomic E-state index is 0. The molecule has 0 saturated carbocycles. The number of hydrogen-bond donors (Lipinski definition) is 0. The fraction of sp³-hybridized carbons (Fsp3) is 1.00. The monoisotopic (exact) mass is 191 g/mol. The number of rotatable bonds is 0. The predicted molar refractivity (Wildman–Crippen MR) is 57.0 cm³/mol. The second-order valence-electron chi connectivity index (χ2n) is 4.97. The third kappa shape index (κ3) is 1.77. The summed E-state index contributed by atoms with van der Waals surface area (Å²) in [6, 6.07) is 0. The summed E-state index contributed by atoms with van der Waals surface area (Å²) in [6.07, 6.45) is 2.72. The van der Waals surface area contributed by atoms with E-state index in [9.17, 15) is 0 Å². The van der Waals surface area contributed by atoms with Crippen molar-refractivity contribution in [2.75, 3.05) is 13.6 Å². The third-order valence-corrected chi connectivity index (χ3v) is 3.91. The van der Waals surface area contributed by atoms with Crippen molar-refractivity contribution >= 4 is 12.4 Å². The van der Waals surface area contributed by atoms with Gasteiger partial charge in [0.05, 0.1) is 0 Å². The quantitative estimate of drug-likeness (QED) is 0.569. The molecule has 1 rings (SSSR count). The molecule has 0 aliphatic carbocycles. The van der Waals surface area contributed by atoms with Crippen LogP contribution in [-0.2, 0) is 0 Å². The van der Waals surface area contributed by atoms with E-state index in [0.717, 1.165) is 0 Å². The molecule has 0 atom stereocenters. The van der Waals surface area contributed by atoms with Crippen LogP contribution in [0.3, 0.4) is 0 Å². The van der Waals surface area contributed by atoms with Gasteiger partial charge in [-0.3, -0.25) is 0 Å². The van der Waals surface area contributed by atoms with Crippen molar-refractivity contribution in [3.8, 4) is 0 Å². The summed E-state index contributed by atoms with van der Waals surface area (Å²) in [4.78, 5) is 2.48. The van der Waals surface area contributed by atoms with Gasteiger partial charge in [-0.25, -0.2) is 0 Å². The summed E-state index contributed by atoms with van der Waals surface area (Å²) < 4.78 is 0. The second-order valence-corrected chi connectivity index (χ2v) is 4.97. The summed E-state index contributed by atoms with van der Waals surface area (Å²) in [6.45, 7) is 10.7. The Hall–Kier alpha value is 0.250. The molecule has 0 unspecified atom stereocenters. The molecule has 0 spiro atoms. The number of nitrogens with zero attached hydrogens (tertiary/aromatic N) is 1. The molecule has 0 amide bonds. The number of hydrogen-bond acceptors (Lipinski definition) is 1. The molecule has 0 aromatic carbocycles. The first kappa shape index (κ1) is 12.2. The minimum absolute atomic E-state index is 0.